The molecule has 0 spiro atoms. The highest BCUT2D eigenvalue weighted by Crippen LogP contribution is 2.17. The molecule has 2 N–H and O–H groups in total. The minimum atomic E-state index is -0.464. The maximum atomic E-state index is 13.6. The van der Waals surface area contributed by atoms with E-state index in [0.717, 1.165) is 19.0 Å². The van der Waals surface area contributed by atoms with Crippen LogP contribution in [0.25, 0.3) is 0 Å². The van der Waals surface area contributed by atoms with Gasteiger partial charge in [0, 0.05) is 20.1 Å². The number of nitrogens with zero attached hydrogens (tertiary/aromatic N) is 3. The first kappa shape index (κ1) is 13.6. The Morgan fingerprint density at radius 3 is 2.82 bits per heavy atom. The van der Waals surface area contributed by atoms with Crippen LogP contribution in [-0.2, 0) is 0 Å². The molecule has 0 aromatic carbocycles. The molecule has 0 amide bonds. The van der Waals surface area contributed by atoms with Crippen LogP contribution in [0, 0.1) is 5.82 Å². The molecule has 0 aliphatic heterocycles. The summed E-state index contributed by atoms with van der Waals surface area (Å²) in [5.74, 6) is 0.154. The molecule has 0 unspecified atom stereocenters. The second-order valence-electron chi connectivity index (χ2n) is 3.68. The van der Waals surface area contributed by atoms with Crippen LogP contribution in [0.15, 0.2) is 6.20 Å². The number of nitrogens with one attached hydrogen (secondary N) is 1. The van der Waals surface area contributed by atoms with Gasteiger partial charge >= 0.3 is 0 Å². The van der Waals surface area contributed by atoms with Crippen molar-refractivity contribution in [1.82, 2.24) is 9.97 Å². The Balaban J connectivity index is 2.90. The predicted molar refractivity (Wildman–Crippen MR) is 65.7 cm³/mol. The van der Waals surface area contributed by atoms with E-state index in [4.69, 9.17) is 5.11 Å². The van der Waals surface area contributed by atoms with Crippen LogP contribution in [0.1, 0.15) is 19.8 Å². The quantitative estimate of drug-likeness (QED) is 0.753. The topological polar surface area (TPSA) is 61.3 Å². The van der Waals surface area contributed by atoms with E-state index in [9.17, 15) is 4.39 Å². The molecule has 5 nitrogen and oxygen atoms in total. The maximum Gasteiger partial charge on any atom is 0.224 e. The summed E-state index contributed by atoms with van der Waals surface area (Å²) in [6.07, 6.45) is 3.08. The lowest BCUT2D eigenvalue weighted by molar-refractivity contribution is 0.300. The van der Waals surface area contributed by atoms with E-state index in [1.54, 1.807) is 11.9 Å². The molecule has 0 aliphatic rings. The molecule has 1 aromatic rings. The van der Waals surface area contributed by atoms with Gasteiger partial charge in [0.2, 0.25) is 5.95 Å². The fraction of sp³-hybridized carbons (Fsp3) is 0.636. The number of hydrogen-bond acceptors (Lipinski definition) is 5. The molecule has 0 fully saturated rings. The van der Waals surface area contributed by atoms with Gasteiger partial charge in [0.25, 0.3) is 0 Å². The Labute approximate surface area is 101 Å². The zero-order valence-corrected chi connectivity index (χ0v) is 10.3. The van der Waals surface area contributed by atoms with E-state index in [1.807, 2.05) is 0 Å². The van der Waals surface area contributed by atoms with Crippen molar-refractivity contribution < 1.29 is 9.50 Å². The first-order valence-electron chi connectivity index (χ1n) is 5.79. The van der Waals surface area contributed by atoms with Gasteiger partial charge in [-0.1, -0.05) is 13.3 Å². The van der Waals surface area contributed by atoms with Gasteiger partial charge in [-0.25, -0.2) is 9.37 Å². The lowest BCUT2D eigenvalue weighted by Crippen LogP contribution is -2.29. The first-order chi connectivity index (χ1) is 8.22. The van der Waals surface area contributed by atoms with Gasteiger partial charge in [0.1, 0.15) is 0 Å². The summed E-state index contributed by atoms with van der Waals surface area (Å²) in [6.45, 7) is 3.08. The summed E-state index contributed by atoms with van der Waals surface area (Å²) in [7, 11) is 1.68. The summed E-state index contributed by atoms with van der Waals surface area (Å²) in [6, 6.07) is 0. The summed E-state index contributed by atoms with van der Waals surface area (Å²) in [4.78, 5) is 9.61. The molecule has 0 atom stereocenters. The lowest BCUT2D eigenvalue weighted by atomic mass is 10.3. The Kier molecular flexibility index (Phi) is 5.62. The third-order valence-electron chi connectivity index (χ3n) is 2.40. The van der Waals surface area contributed by atoms with Crippen molar-refractivity contribution in [2.45, 2.75) is 19.8 Å². The Morgan fingerprint density at radius 2 is 2.24 bits per heavy atom. The summed E-state index contributed by atoms with van der Waals surface area (Å²) >= 11 is 0. The molecule has 0 aliphatic carbocycles. The van der Waals surface area contributed by atoms with E-state index < -0.39 is 5.82 Å². The SMILES string of the molecule is CCCCN(CCO)c1nc(NC)ncc1F. The number of unbranched alkanes of at least 4 members (excludes halogenated alkanes) is 1. The van der Waals surface area contributed by atoms with Gasteiger partial charge in [-0.05, 0) is 6.42 Å². The van der Waals surface area contributed by atoms with Gasteiger partial charge in [-0.2, -0.15) is 4.98 Å². The molecule has 0 saturated carbocycles. The highest BCUT2D eigenvalue weighted by atomic mass is 19.1. The molecule has 1 heterocycles. The largest absolute Gasteiger partial charge is 0.395 e. The van der Waals surface area contributed by atoms with Crippen molar-refractivity contribution in [3.05, 3.63) is 12.0 Å². The van der Waals surface area contributed by atoms with Crippen LogP contribution in [0.3, 0.4) is 0 Å². The normalized spacial score (nSPS) is 10.4. The molecule has 96 valence electrons. The average Bonchev–Trinajstić information content (AvgIpc) is 2.35. The molecule has 0 bridgehead atoms. The number of aliphatic hydroxyl groups is 1. The third-order valence-corrected chi connectivity index (χ3v) is 2.40. The fourth-order valence-electron chi connectivity index (χ4n) is 1.49. The Bertz CT molecular complexity index is 348. The number of hydrogen-bond donors (Lipinski definition) is 2. The Hall–Kier alpha value is -1.43. The number of aliphatic hydroxyl groups excluding tert-OH is 1. The van der Waals surface area contributed by atoms with Crippen LogP contribution >= 0.6 is 0 Å². The molecule has 17 heavy (non-hydrogen) atoms. The van der Waals surface area contributed by atoms with Crippen LogP contribution in [0.4, 0.5) is 16.2 Å². The zero-order valence-electron chi connectivity index (χ0n) is 10.3. The highest BCUT2D eigenvalue weighted by Gasteiger charge is 2.13. The molecule has 6 heteroatoms. The summed E-state index contributed by atoms with van der Waals surface area (Å²) in [5, 5.41) is 11.8. The zero-order chi connectivity index (χ0) is 12.7. The molecular formula is C11H19FN4O. The molecular weight excluding hydrogens is 223 g/mol. The van der Waals surface area contributed by atoms with Crippen molar-refractivity contribution in [3.63, 3.8) is 0 Å². The minimum Gasteiger partial charge on any atom is -0.395 e. The monoisotopic (exact) mass is 242 g/mol. The van der Waals surface area contributed by atoms with Crippen molar-refractivity contribution in [2.24, 2.45) is 0 Å². The second kappa shape index (κ2) is 7.01. The van der Waals surface area contributed by atoms with Crippen LogP contribution in [0.5, 0.6) is 0 Å². The lowest BCUT2D eigenvalue weighted by Gasteiger charge is -2.23. The van der Waals surface area contributed by atoms with E-state index in [2.05, 4.69) is 22.2 Å². The van der Waals surface area contributed by atoms with Gasteiger partial charge in [0.05, 0.1) is 12.8 Å². The first-order valence-corrected chi connectivity index (χ1v) is 5.79. The number of aromatic nitrogens is 2. The number of rotatable bonds is 7. The molecule has 1 aromatic heterocycles. The number of halogens is 1. The van der Waals surface area contributed by atoms with Crippen molar-refractivity contribution in [3.8, 4) is 0 Å². The Morgan fingerprint density at radius 1 is 1.47 bits per heavy atom. The minimum absolute atomic E-state index is 0.0257. The highest BCUT2D eigenvalue weighted by molar-refractivity contribution is 5.43. The predicted octanol–water partition coefficient (Wildman–Crippen LogP) is 1.26. The fourth-order valence-corrected chi connectivity index (χ4v) is 1.49. The van der Waals surface area contributed by atoms with Crippen LogP contribution < -0.4 is 10.2 Å². The third kappa shape index (κ3) is 3.81. The van der Waals surface area contributed by atoms with Crippen molar-refractivity contribution >= 4 is 11.8 Å². The average molecular weight is 242 g/mol. The maximum absolute atomic E-state index is 13.6. The molecule has 0 radical (unpaired) electrons. The molecule has 0 saturated heterocycles. The van der Waals surface area contributed by atoms with Gasteiger partial charge in [-0.15, -0.1) is 0 Å². The van der Waals surface area contributed by atoms with Crippen molar-refractivity contribution in [2.75, 3.05) is 37.0 Å². The van der Waals surface area contributed by atoms with E-state index in [1.165, 1.54) is 0 Å². The summed E-state index contributed by atoms with van der Waals surface area (Å²) in [5.41, 5.74) is 0. The van der Waals surface area contributed by atoms with Gasteiger partial charge < -0.3 is 15.3 Å². The number of anilines is 2. The van der Waals surface area contributed by atoms with E-state index in [-0.39, 0.29) is 12.4 Å². The van der Waals surface area contributed by atoms with Gasteiger partial charge in [-0.3, -0.25) is 0 Å². The second-order valence-corrected chi connectivity index (χ2v) is 3.68. The van der Waals surface area contributed by atoms with E-state index >= 15 is 0 Å². The van der Waals surface area contributed by atoms with Crippen molar-refractivity contribution in [1.29, 1.82) is 0 Å². The van der Waals surface area contributed by atoms with E-state index in [0.29, 0.717) is 19.0 Å². The standard InChI is InChI=1S/C11H19FN4O/c1-3-4-5-16(6-7-17)10-9(12)8-14-11(13-2)15-10/h8,17H,3-7H2,1-2H3,(H,13,14,15). The smallest absolute Gasteiger partial charge is 0.224 e. The molecule has 1 rings (SSSR count). The van der Waals surface area contributed by atoms with Crippen LogP contribution in [0.2, 0.25) is 0 Å². The summed E-state index contributed by atoms with van der Waals surface area (Å²) < 4.78 is 13.6. The van der Waals surface area contributed by atoms with Gasteiger partial charge in [0.15, 0.2) is 11.6 Å². The van der Waals surface area contributed by atoms with Crippen LogP contribution in [-0.4, -0.2) is 41.8 Å².